The van der Waals surface area contributed by atoms with Crippen LogP contribution < -0.4 is 10.6 Å². The number of nitriles is 1. The van der Waals surface area contributed by atoms with Crippen LogP contribution in [0.4, 0.5) is 5.69 Å². The molecule has 1 atom stereocenters. The molecule has 0 aromatic carbocycles. The number of nitrogens with zero attached hydrogens (tertiary/aromatic N) is 3. The molecule has 27 heavy (non-hydrogen) atoms. The smallest absolute Gasteiger partial charge is 0.161 e. The quantitative estimate of drug-likeness (QED) is 0.854. The van der Waals surface area contributed by atoms with E-state index in [-0.39, 0.29) is 11.7 Å². The first-order valence-electron chi connectivity index (χ1n) is 8.96. The number of thiophene rings is 1. The third-order valence-electron chi connectivity index (χ3n) is 5.21. The minimum absolute atomic E-state index is 0.110. The Balaban J connectivity index is 1.99. The number of nitrogens with two attached hydrogens (primary N) is 1. The highest BCUT2D eigenvalue weighted by molar-refractivity contribution is 7.12. The summed E-state index contributed by atoms with van der Waals surface area (Å²) in [5, 5.41) is 9.97. The Bertz CT molecular complexity index is 1030. The molecule has 2 aromatic rings. The van der Waals surface area contributed by atoms with Gasteiger partial charge < -0.3 is 5.73 Å². The van der Waals surface area contributed by atoms with Crippen molar-refractivity contribution < 1.29 is 4.79 Å². The van der Waals surface area contributed by atoms with E-state index in [2.05, 4.69) is 17.1 Å². The van der Waals surface area contributed by atoms with Crippen LogP contribution in [0.15, 0.2) is 53.3 Å². The second kappa shape index (κ2) is 6.67. The van der Waals surface area contributed by atoms with Crippen molar-refractivity contribution in [3.8, 4) is 6.07 Å². The molecule has 4 rings (SSSR count). The standard InChI is InChI=1S/C21H20N4OS/c1-12-9-15(13(2)27-12)19-16(10-22)21(23)25(14-5-4-8-24-11-14)17-6-3-7-18(26)20(17)19/h4-5,8-9,11,19H,3,6-7,23H2,1-2H3/t19-/m1/s1. The van der Waals surface area contributed by atoms with Crippen molar-refractivity contribution in [3.63, 3.8) is 0 Å². The Morgan fingerprint density at radius 1 is 1.37 bits per heavy atom. The molecule has 1 aliphatic heterocycles. The minimum Gasteiger partial charge on any atom is -0.384 e. The molecule has 0 unspecified atom stereocenters. The van der Waals surface area contributed by atoms with Crippen molar-refractivity contribution >= 4 is 22.8 Å². The van der Waals surface area contributed by atoms with Gasteiger partial charge in [0.25, 0.3) is 0 Å². The van der Waals surface area contributed by atoms with E-state index >= 15 is 0 Å². The topological polar surface area (TPSA) is 83.0 Å². The van der Waals surface area contributed by atoms with Gasteiger partial charge in [0.15, 0.2) is 5.78 Å². The van der Waals surface area contributed by atoms with E-state index in [0.29, 0.717) is 17.8 Å². The number of hydrogen-bond donors (Lipinski definition) is 1. The number of ketones is 1. The van der Waals surface area contributed by atoms with E-state index in [1.807, 2.05) is 30.9 Å². The molecule has 0 amide bonds. The van der Waals surface area contributed by atoms with Crippen molar-refractivity contribution in [2.45, 2.75) is 39.0 Å². The lowest BCUT2D eigenvalue weighted by Crippen LogP contribution is -2.38. The Morgan fingerprint density at radius 3 is 2.81 bits per heavy atom. The van der Waals surface area contributed by atoms with Crippen molar-refractivity contribution in [2.24, 2.45) is 5.73 Å². The van der Waals surface area contributed by atoms with Crippen LogP contribution in [-0.2, 0) is 4.79 Å². The number of Topliss-reactive ketones (excluding diaryl/α,β-unsaturated/α-hetero) is 1. The zero-order valence-electron chi connectivity index (χ0n) is 15.3. The Hall–Kier alpha value is -2.91. The largest absolute Gasteiger partial charge is 0.384 e. The molecular weight excluding hydrogens is 356 g/mol. The third-order valence-corrected chi connectivity index (χ3v) is 6.19. The molecule has 2 aliphatic rings. The van der Waals surface area contributed by atoms with Crippen molar-refractivity contribution in [1.82, 2.24) is 4.98 Å². The van der Waals surface area contributed by atoms with Gasteiger partial charge in [0.2, 0.25) is 0 Å². The molecule has 2 N–H and O–H groups in total. The summed E-state index contributed by atoms with van der Waals surface area (Å²) in [6.45, 7) is 4.09. The molecule has 3 heterocycles. The fraction of sp³-hybridized carbons (Fsp3) is 0.286. The fourth-order valence-corrected chi connectivity index (χ4v) is 5.08. The van der Waals surface area contributed by atoms with Gasteiger partial charge in [0.05, 0.1) is 29.4 Å². The van der Waals surface area contributed by atoms with Crippen LogP contribution in [0.2, 0.25) is 0 Å². The molecule has 0 saturated carbocycles. The average molecular weight is 376 g/mol. The maximum Gasteiger partial charge on any atom is 0.161 e. The Kier molecular flexibility index (Phi) is 4.33. The number of carbonyl (C=O) groups is 1. The molecule has 0 fully saturated rings. The van der Waals surface area contributed by atoms with Gasteiger partial charge in [-0.3, -0.25) is 14.7 Å². The second-order valence-electron chi connectivity index (χ2n) is 6.90. The molecule has 1 aliphatic carbocycles. The Morgan fingerprint density at radius 2 is 2.19 bits per heavy atom. The number of carbonyl (C=O) groups excluding carboxylic acids is 1. The molecule has 2 aromatic heterocycles. The van der Waals surface area contributed by atoms with Gasteiger partial charge in [0, 0.05) is 33.6 Å². The zero-order valence-corrected chi connectivity index (χ0v) is 16.1. The average Bonchev–Trinajstić information content (AvgIpc) is 2.99. The predicted octanol–water partition coefficient (Wildman–Crippen LogP) is 4.06. The summed E-state index contributed by atoms with van der Waals surface area (Å²) in [4.78, 5) is 21.3. The van der Waals surface area contributed by atoms with E-state index in [1.165, 1.54) is 4.88 Å². The maximum absolute atomic E-state index is 13.0. The molecule has 6 heteroatoms. The highest BCUT2D eigenvalue weighted by atomic mass is 32.1. The number of aromatic nitrogens is 1. The number of rotatable bonds is 2. The summed E-state index contributed by atoms with van der Waals surface area (Å²) >= 11 is 1.68. The minimum atomic E-state index is -0.379. The molecule has 0 bridgehead atoms. The van der Waals surface area contributed by atoms with Gasteiger partial charge in [-0.2, -0.15) is 5.26 Å². The first-order valence-corrected chi connectivity index (χ1v) is 9.77. The maximum atomic E-state index is 13.0. The first-order chi connectivity index (χ1) is 13.0. The molecule has 5 nitrogen and oxygen atoms in total. The van der Waals surface area contributed by atoms with Gasteiger partial charge in [-0.15, -0.1) is 11.3 Å². The monoisotopic (exact) mass is 376 g/mol. The summed E-state index contributed by atoms with van der Waals surface area (Å²) in [5.74, 6) is 0.126. The summed E-state index contributed by atoms with van der Waals surface area (Å²) < 4.78 is 0. The summed E-state index contributed by atoms with van der Waals surface area (Å²) in [6, 6.07) is 8.12. The highest BCUT2D eigenvalue weighted by Crippen LogP contribution is 2.47. The lowest BCUT2D eigenvalue weighted by molar-refractivity contribution is -0.116. The van der Waals surface area contributed by atoms with Crippen LogP contribution in [0.3, 0.4) is 0 Å². The Labute approximate surface area is 162 Å². The normalized spacial score (nSPS) is 20.0. The van der Waals surface area contributed by atoms with Crippen LogP contribution in [0, 0.1) is 25.2 Å². The van der Waals surface area contributed by atoms with Crippen LogP contribution in [-0.4, -0.2) is 10.8 Å². The van der Waals surface area contributed by atoms with Crippen molar-refractivity contribution in [1.29, 1.82) is 5.26 Å². The molecular formula is C21H20N4OS. The van der Waals surface area contributed by atoms with Crippen LogP contribution >= 0.6 is 11.3 Å². The molecule has 136 valence electrons. The van der Waals surface area contributed by atoms with Gasteiger partial charge in [-0.25, -0.2) is 0 Å². The zero-order chi connectivity index (χ0) is 19.1. The number of aryl methyl sites for hydroxylation is 2. The van der Waals surface area contributed by atoms with E-state index in [4.69, 9.17) is 5.73 Å². The lowest BCUT2D eigenvalue weighted by Gasteiger charge is -2.39. The van der Waals surface area contributed by atoms with Gasteiger partial charge in [0.1, 0.15) is 5.82 Å². The van der Waals surface area contributed by atoms with Crippen LogP contribution in [0.25, 0.3) is 0 Å². The SMILES string of the molecule is Cc1cc([C@@H]2C(C#N)=C(N)N(c3cccnc3)C3=C2C(=O)CCC3)c(C)s1. The highest BCUT2D eigenvalue weighted by Gasteiger charge is 2.41. The van der Waals surface area contributed by atoms with Gasteiger partial charge in [-0.1, -0.05) is 0 Å². The third kappa shape index (κ3) is 2.75. The summed E-state index contributed by atoms with van der Waals surface area (Å²) in [6.07, 6.45) is 5.47. The van der Waals surface area contributed by atoms with Gasteiger partial charge in [-0.05, 0) is 50.5 Å². The summed E-state index contributed by atoms with van der Waals surface area (Å²) in [5.41, 5.74) is 10.4. The molecule has 0 radical (unpaired) electrons. The van der Waals surface area contributed by atoms with Crippen molar-refractivity contribution in [3.05, 3.63) is 68.6 Å². The fourth-order valence-electron chi connectivity index (χ4n) is 4.12. The first kappa shape index (κ1) is 17.5. The predicted molar refractivity (Wildman–Crippen MR) is 106 cm³/mol. The second-order valence-corrected chi connectivity index (χ2v) is 8.36. The van der Waals surface area contributed by atoms with E-state index < -0.39 is 0 Å². The number of hydrogen-bond acceptors (Lipinski definition) is 6. The number of pyridine rings is 1. The van der Waals surface area contributed by atoms with E-state index in [9.17, 15) is 10.1 Å². The number of allylic oxidation sites excluding steroid dienone is 3. The lowest BCUT2D eigenvalue weighted by atomic mass is 9.75. The summed E-state index contributed by atoms with van der Waals surface area (Å²) in [7, 11) is 0. The van der Waals surface area contributed by atoms with Crippen LogP contribution in [0.5, 0.6) is 0 Å². The number of anilines is 1. The van der Waals surface area contributed by atoms with Gasteiger partial charge >= 0.3 is 0 Å². The molecule has 0 saturated heterocycles. The van der Waals surface area contributed by atoms with E-state index in [0.717, 1.165) is 40.2 Å². The van der Waals surface area contributed by atoms with Crippen molar-refractivity contribution in [2.75, 3.05) is 4.90 Å². The van der Waals surface area contributed by atoms with E-state index in [1.54, 1.807) is 23.7 Å². The van der Waals surface area contributed by atoms with Crippen LogP contribution in [0.1, 0.15) is 40.5 Å². The molecule has 0 spiro atoms.